The van der Waals surface area contributed by atoms with E-state index in [9.17, 15) is 44.1 Å². The monoisotopic (exact) mass is 498 g/mol. The van der Waals surface area contributed by atoms with Crippen molar-refractivity contribution in [3.8, 4) is 0 Å². The Morgan fingerprint density at radius 2 is 0.781 bits per heavy atom. The molecule has 0 aromatic heterocycles. The van der Waals surface area contributed by atoms with Crippen molar-refractivity contribution in [2.45, 2.75) is 80.8 Å². The van der Waals surface area contributed by atoms with E-state index in [0.717, 1.165) is 0 Å². The Labute approximate surface area is 198 Å². The molecule has 3 unspecified atom stereocenters. The van der Waals surface area contributed by atoms with Crippen LogP contribution in [0, 0.1) is 17.8 Å². The van der Waals surface area contributed by atoms with E-state index in [1.165, 1.54) is 20.8 Å². The Bertz CT molecular complexity index is 483. The number of carbonyl (C=O) groups is 6. The van der Waals surface area contributed by atoms with Crippen LogP contribution in [0.1, 0.15) is 74.7 Å². The number of carboxylic acids is 3. The summed E-state index contributed by atoms with van der Waals surface area (Å²) in [6.45, 7) is 12.6. The quantitative estimate of drug-likeness (QED) is 0.336. The molecule has 184 valence electrons. The first-order valence-electron chi connectivity index (χ1n) is 9.97. The van der Waals surface area contributed by atoms with Crippen LogP contribution in [0.15, 0.2) is 0 Å². The molecule has 0 fully saturated rings. The summed E-state index contributed by atoms with van der Waals surface area (Å²) in [4.78, 5) is 61.3. The number of hydrogen-bond acceptors (Lipinski definition) is 10. The van der Waals surface area contributed by atoms with Crippen LogP contribution >= 0.6 is 0 Å². The predicted molar refractivity (Wildman–Crippen MR) is 105 cm³/mol. The van der Waals surface area contributed by atoms with Crippen molar-refractivity contribution in [1.29, 1.82) is 0 Å². The van der Waals surface area contributed by atoms with E-state index < -0.39 is 35.7 Å². The standard InChI is InChI=1S/3C6H10O3.C3H7O.Cr/c3*1-3-5(4(2)7)6(8)9;1-3(2)4;/h3*5H,3H2,1-2H3,(H,8,9);3H,1-2H3;/q;;;-1;+4/p-3. The van der Waals surface area contributed by atoms with Crippen LogP contribution in [-0.2, 0) is 49.2 Å². The first kappa shape index (κ1) is 37.2. The second-order valence-corrected chi connectivity index (χ2v) is 7.12. The van der Waals surface area contributed by atoms with Gasteiger partial charge in [-0.15, -0.1) is 0 Å². The van der Waals surface area contributed by atoms with Crippen LogP contribution in [-0.4, -0.2) is 41.4 Å². The zero-order valence-electron chi connectivity index (χ0n) is 19.9. The smallest absolute Gasteiger partial charge is 0.138 e. The molecule has 0 saturated heterocycles. The first-order chi connectivity index (χ1) is 14.5. The van der Waals surface area contributed by atoms with Crippen molar-refractivity contribution >= 4 is 35.3 Å². The number of carboxylic acid groups (broad SMARTS) is 3. The van der Waals surface area contributed by atoms with Gasteiger partial charge in [0.05, 0.1) is 35.7 Å². The van der Waals surface area contributed by atoms with Gasteiger partial charge in [0.2, 0.25) is 0 Å². The van der Waals surface area contributed by atoms with Crippen molar-refractivity contribution in [1.82, 2.24) is 0 Å². The summed E-state index contributed by atoms with van der Waals surface area (Å²) in [5, 5.41) is 30.1. The molecule has 0 bridgehead atoms. The van der Waals surface area contributed by atoms with Crippen molar-refractivity contribution in [3.63, 3.8) is 0 Å². The zero-order chi connectivity index (χ0) is 26.6. The molecule has 0 aliphatic rings. The molecule has 0 N–H and O–H groups in total. The molecule has 0 radical (unpaired) electrons. The number of aliphatic carboxylic acids is 3. The van der Waals surface area contributed by atoms with Crippen LogP contribution in [0.5, 0.6) is 0 Å². The molecule has 11 heteroatoms. The largest absolute Gasteiger partial charge is 0.549 e. The topological polar surface area (TPSA) is 181 Å². The van der Waals surface area contributed by atoms with Gasteiger partial charge in [0, 0.05) is 0 Å². The fourth-order valence-electron chi connectivity index (χ4n) is 1.86. The van der Waals surface area contributed by atoms with E-state index in [1.54, 1.807) is 20.8 Å². The van der Waals surface area contributed by atoms with Gasteiger partial charge in [-0.2, -0.15) is 0 Å². The maximum atomic E-state index is 10.4. The zero-order valence-corrected chi connectivity index (χ0v) is 21.2. The molecule has 0 amide bonds. The number of Topliss-reactive ketones (excluding diaryl/α,β-unsaturated/α-hetero) is 3. The van der Waals surface area contributed by atoms with E-state index >= 15 is 0 Å². The van der Waals surface area contributed by atoms with Gasteiger partial charge in [0.25, 0.3) is 0 Å². The van der Waals surface area contributed by atoms with Gasteiger partial charge < -0.3 is 29.7 Å². The summed E-state index contributed by atoms with van der Waals surface area (Å²) in [7, 11) is 0. The van der Waals surface area contributed by atoms with E-state index in [0.29, 0.717) is 25.4 Å². The molecule has 0 aliphatic carbocycles. The fraction of sp³-hybridized carbons (Fsp3) is 0.714. The minimum Gasteiger partial charge on any atom is -0.549 e. The predicted octanol–water partition coefficient (Wildman–Crippen LogP) is -1.07. The Hall–Kier alpha value is -2.09. The van der Waals surface area contributed by atoms with Gasteiger partial charge in [-0.3, -0.25) is 14.4 Å². The number of rotatable bonds is 10. The van der Waals surface area contributed by atoms with Gasteiger partial charge in [-0.1, -0.05) is 20.8 Å². The summed E-state index contributed by atoms with van der Waals surface area (Å²) in [5.41, 5.74) is 0. The maximum absolute atomic E-state index is 10.4. The molecular formula is C21H34CrO10. The number of ketones is 3. The van der Waals surface area contributed by atoms with Gasteiger partial charge >= 0.3 is 40.4 Å². The Morgan fingerprint density at radius 3 is 0.781 bits per heavy atom. The molecule has 10 nitrogen and oxygen atoms in total. The fourth-order valence-corrected chi connectivity index (χ4v) is 1.86. The Kier molecular flexibility index (Phi) is 25.7. The molecule has 0 aliphatic heterocycles. The normalized spacial score (nSPS) is 12.1. The van der Waals surface area contributed by atoms with Crippen molar-refractivity contribution in [2.24, 2.45) is 17.8 Å². The second-order valence-electron chi connectivity index (χ2n) is 6.82. The van der Waals surface area contributed by atoms with Crippen molar-refractivity contribution in [3.05, 3.63) is 0 Å². The minimum absolute atomic E-state index is 0.317. The molecule has 0 aromatic carbocycles. The molecule has 0 rings (SSSR count). The van der Waals surface area contributed by atoms with Crippen molar-refractivity contribution in [2.75, 3.05) is 0 Å². The third-order valence-corrected chi connectivity index (χ3v) is 4.34. The Balaban J connectivity index is -0.000000167. The van der Waals surface area contributed by atoms with E-state index in [4.69, 9.17) is 0 Å². The van der Waals surface area contributed by atoms with Crippen LogP contribution < -0.4 is 15.3 Å². The average Bonchev–Trinajstić information content (AvgIpc) is 2.62. The maximum Gasteiger partial charge on any atom is 0.138 e. The van der Waals surface area contributed by atoms with E-state index in [-0.39, 0.29) is 17.3 Å². The van der Waals surface area contributed by atoms with E-state index in [1.807, 2.05) is 13.8 Å². The number of hydrogen-bond donors (Lipinski definition) is 0. The third-order valence-electron chi connectivity index (χ3n) is 3.74. The summed E-state index contributed by atoms with van der Waals surface area (Å²) in [6.07, 6.45) is 1.28. The molecule has 0 aromatic rings. The molecule has 0 heterocycles. The number of carbonyl (C=O) groups excluding carboxylic acids is 6. The van der Waals surface area contributed by atoms with Crippen molar-refractivity contribution < 1.29 is 64.5 Å². The van der Waals surface area contributed by atoms with Gasteiger partial charge in [-0.25, -0.2) is 0 Å². The summed E-state index contributed by atoms with van der Waals surface area (Å²) in [5.74, 6) is -7.56. The van der Waals surface area contributed by atoms with Gasteiger partial charge in [0.1, 0.15) is 17.3 Å². The van der Waals surface area contributed by atoms with E-state index in [2.05, 4.69) is 20.4 Å². The van der Waals surface area contributed by atoms with Crippen LogP contribution in [0.2, 0.25) is 0 Å². The van der Waals surface area contributed by atoms with Crippen LogP contribution in [0.4, 0.5) is 0 Å². The van der Waals surface area contributed by atoms with Crippen LogP contribution in [0.3, 0.4) is 0 Å². The van der Waals surface area contributed by atoms with Gasteiger partial charge in [0.15, 0.2) is 0 Å². The average molecular weight is 498 g/mol. The molecule has 0 saturated carbocycles. The molecule has 3 atom stereocenters. The Morgan fingerprint density at radius 1 is 0.625 bits per heavy atom. The molecule has 32 heavy (non-hydrogen) atoms. The molecule has 0 spiro atoms. The third kappa shape index (κ3) is 22.6. The molecular weight excluding hydrogens is 464 g/mol. The SMILES string of the molecule is CC(C)[O][Cr+3].CCC(C(C)=O)C(=O)[O-].CCC(C(C)=O)C(=O)[O-].CCC(C(C)=O)C(=O)[O-]. The summed E-state index contributed by atoms with van der Waals surface area (Å²) >= 11 is 2.44. The summed E-state index contributed by atoms with van der Waals surface area (Å²) < 4.78 is 4.62. The second kappa shape index (κ2) is 22.1. The van der Waals surface area contributed by atoms with Crippen LogP contribution in [0.25, 0.3) is 0 Å². The first-order valence-corrected chi connectivity index (χ1v) is 10.5. The minimum atomic E-state index is -1.27. The summed E-state index contributed by atoms with van der Waals surface area (Å²) in [6, 6.07) is 0. The van der Waals surface area contributed by atoms with Gasteiger partial charge in [-0.05, 0) is 40.0 Å².